The molecule has 0 aromatic rings. The fraction of sp³-hybridized carbons (Fsp3) is 0.917. The molecule has 5 heteroatoms. The van der Waals surface area contributed by atoms with Gasteiger partial charge in [-0.05, 0) is 19.8 Å². The van der Waals surface area contributed by atoms with E-state index in [9.17, 15) is 9.00 Å². The van der Waals surface area contributed by atoms with Crippen LogP contribution >= 0.6 is 0 Å². The summed E-state index contributed by atoms with van der Waals surface area (Å²) in [6, 6.07) is -0.0485. The molecule has 4 nitrogen and oxygen atoms in total. The summed E-state index contributed by atoms with van der Waals surface area (Å²) in [4.78, 5) is 14.1. The molecule has 1 fully saturated rings. The maximum absolute atomic E-state index is 12.3. The topological polar surface area (TPSA) is 49.4 Å². The van der Waals surface area contributed by atoms with E-state index in [2.05, 4.69) is 19.2 Å². The zero-order chi connectivity index (χ0) is 13.2. The van der Waals surface area contributed by atoms with E-state index in [4.69, 9.17) is 0 Å². The molecule has 0 spiro atoms. The summed E-state index contributed by atoms with van der Waals surface area (Å²) >= 11 is 0. The predicted octanol–water partition coefficient (Wildman–Crippen LogP) is 0.946. The van der Waals surface area contributed by atoms with Gasteiger partial charge in [0.1, 0.15) is 0 Å². The summed E-state index contributed by atoms with van der Waals surface area (Å²) in [6.07, 6.45) is 2.71. The quantitative estimate of drug-likeness (QED) is 0.800. The third-order valence-electron chi connectivity index (χ3n) is 3.52. The number of carbonyl (C=O) groups is 1. The highest BCUT2D eigenvalue weighted by molar-refractivity contribution is 7.84. The number of amides is 1. The summed E-state index contributed by atoms with van der Waals surface area (Å²) in [5.41, 5.74) is 0. The second-order valence-corrected chi connectivity index (χ2v) is 6.52. The first-order chi connectivity index (χ1) is 7.88. The molecule has 0 saturated carbocycles. The van der Waals surface area contributed by atoms with Crippen molar-refractivity contribution in [1.82, 2.24) is 10.2 Å². The van der Waals surface area contributed by atoms with Crippen molar-refractivity contribution in [2.24, 2.45) is 5.92 Å². The molecular formula is C12H24N2O2S. The van der Waals surface area contributed by atoms with E-state index in [0.29, 0.717) is 11.7 Å². The molecule has 1 rings (SSSR count). The Bertz CT molecular complexity index is 309. The minimum Gasteiger partial charge on any atom is -0.322 e. The molecule has 0 aromatic heterocycles. The van der Waals surface area contributed by atoms with Crippen LogP contribution in [0.15, 0.2) is 0 Å². The highest BCUT2D eigenvalue weighted by Gasteiger charge is 2.40. The Morgan fingerprint density at radius 2 is 2.06 bits per heavy atom. The van der Waals surface area contributed by atoms with Gasteiger partial charge in [-0.1, -0.05) is 20.3 Å². The van der Waals surface area contributed by atoms with Gasteiger partial charge in [0.15, 0.2) is 0 Å². The van der Waals surface area contributed by atoms with E-state index in [1.807, 2.05) is 18.7 Å². The third kappa shape index (κ3) is 3.28. The zero-order valence-electron chi connectivity index (χ0n) is 11.4. The molecule has 1 saturated heterocycles. The minimum absolute atomic E-state index is 0.0323. The van der Waals surface area contributed by atoms with E-state index < -0.39 is 10.8 Å². The lowest BCUT2D eigenvalue weighted by Crippen LogP contribution is -2.44. The Labute approximate surface area is 107 Å². The lowest BCUT2D eigenvalue weighted by molar-refractivity contribution is -0.132. The Hall–Kier alpha value is -0.420. The van der Waals surface area contributed by atoms with Crippen molar-refractivity contribution < 1.29 is 9.00 Å². The molecule has 1 amide bonds. The van der Waals surface area contributed by atoms with Crippen LogP contribution in [0.2, 0.25) is 0 Å². The smallest absolute Gasteiger partial charge is 0.241 e. The van der Waals surface area contributed by atoms with Crippen LogP contribution in [-0.4, -0.2) is 45.3 Å². The summed E-state index contributed by atoms with van der Waals surface area (Å²) in [5.74, 6) is 1.05. The second-order valence-electron chi connectivity index (χ2n) is 5.04. The molecule has 5 unspecified atom stereocenters. The van der Waals surface area contributed by atoms with Crippen molar-refractivity contribution >= 4 is 16.7 Å². The largest absolute Gasteiger partial charge is 0.322 e. The van der Waals surface area contributed by atoms with E-state index in [1.54, 1.807) is 6.26 Å². The number of nitrogens with one attached hydrogen (secondary N) is 1. The van der Waals surface area contributed by atoms with Crippen molar-refractivity contribution in [1.29, 1.82) is 0 Å². The predicted molar refractivity (Wildman–Crippen MR) is 71.1 cm³/mol. The Balaban J connectivity index is 2.74. The summed E-state index contributed by atoms with van der Waals surface area (Å²) in [5, 5.41) is 3.34. The van der Waals surface area contributed by atoms with Crippen molar-refractivity contribution in [3.05, 3.63) is 0 Å². The second kappa shape index (κ2) is 5.96. The van der Waals surface area contributed by atoms with Crippen LogP contribution in [0.25, 0.3) is 0 Å². The molecule has 1 aliphatic rings. The minimum atomic E-state index is -0.867. The number of rotatable bonds is 5. The molecule has 5 atom stereocenters. The molecule has 1 aliphatic heterocycles. The number of hydrogen-bond acceptors (Lipinski definition) is 3. The maximum Gasteiger partial charge on any atom is 0.241 e. The molecule has 1 N–H and O–H groups in total. The van der Waals surface area contributed by atoms with Gasteiger partial charge in [0.05, 0.1) is 12.2 Å². The highest BCUT2D eigenvalue weighted by Crippen LogP contribution is 2.21. The van der Waals surface area contributed by atoms with Crippen molar-refractivity contribution in [3.8, 4) is 0 Å². The van der Waals surface area contributed by atoms with Crippen LogP contribution in [0.5, 0.6) is 0 Å². The summed E-state index contributed by atoms with van der Waals surface area (Å²) in [7, 11) is -0.867. The van der Waals surface area contributed by atoms with E-state index in [1.165, 1.54) is 0 Å². The van der Waals surface area contributed by atoms with Crippen molar-refractivity contribution in [2.75, 3.05) is 12.0 Å². The van der Waals surface area contributed by atoms with Crippen LogP contribution in [-0.2, 0) is 15.6 Å². The van der Waals surface area contributed by atoms with Crippen LogP contribution in [0, 0.1) is 5.92 Å². The molecule has 0 bridgehead atoms. The Morgan fingerprint density at radius 1 is 1.47 bits per heavy atom. The normalized spacial score (nSPS) is 30.4. The first-order valence-electron chi connectivity index (χ1n) is 6.26. The van der Waals surface area contributed by atoms with Crippen LogP contribution in [0.4, 0.5) is 0 Å². The summed E-state index contributed by atoms with van der Waals surface area (Å²) < 4.78 is 11.2. The Kier molecular flexibility index (Phi) is 5.13. The average Bonchev–Trinajstić information content (AvgIpc) is 2.52. The van der Waals surface area contributed by atoms with Gasteiger partial charge >= 0.3 is 0 Å². The molecule has 0 aromatic carbocycles. The average molecular weight is 260 g/mol. The number of carbonyl (C=O) groups excluding carboxylic acids is 1. The van der Waals surface area contributed by atoms with Gasteiger partial charge < -0.3 is 4.90 Å². The fourth-order valence-corrected chi connectivity index (χ4v) is 3.27. The lowest BCUT2D eigenvalue weighted by Gasteiger charge is -2.27. The first-order valence-corrected chi connectivity index (χ1v) is 7.99. The van der Waals surface area contributed by atoms with Gasteiger partial charge in [-0.25, -0.2) is 0 Å². The van der Waals surface area contributed by atoms with Crippen molar-refractivity contribution in [3.63, 3.8) is 0 Å². The molecular weight excluding hydrogens is 236 g/mol. The van der Waals surface area contributed by atoms with Crippen molar-refractivity contribution in [2.45, 2.75) is 52.4 Å². The van der Waals surface area contributed by atoms with Gasteiger partial charge in [0, 0.05) is 28.9 Å². The molecule has 0 aliphatic carbocycles. The standard InChI is InChI=1S/C12H24N2O2S/c1-6-8(2)11-12(15)14(10(4)13-11)9(3)7-17(5)16/h8-11,13H,6-7H2,1-5H3. The number of hydrogen-bond donors (Lipinski definition) is 1. The SMILES string of the molecule is CCC(C)C1NC(C)N(C(C)CS(C)=O)C1=O. The molecule has 100 valence electrons. The van der Waals surface area contributed by atoms with Crippen LogP contribution in [0.1, 0.15) is 34.1 Å². The Morgan fingerprint density at radius 3 is 2.53 bits per heavy atom. The van der Waals surface area contributed by atoms with E-state index >= 15 is 0 Å². The monoisotopic (exact) mass is 260 g/mol. The van der Waals surface area contributed by atoms with E-state index in [0.717, 1.165) is 6.42 Å². The lowest BCUT2D eigenvalue weighted by atomic mass is 9.99. The van der Waals surface area contributed by atoms with Gasteiger partial charge in [0.25, 0.3) is 0 Å². The molecule has 1 heterocycles. The summed E-state index contributed by atoms with van der Waals surface area (Å²) in [6.45, 7) is 8.15. The van der Waals surface area contributed by atoms with Crippen LogP contribution in [0.3, 0.4) is 0 Å². The fourth-order valence-electron chi connectivity index (χ4n) is 2.43. The maximum atomic E-state index is 12.3. The zero-order valence-corrected chi connectivity index (χ0v) is 12.2. The third-order valence-corrected chi connectivity index (χ3v) is 4.47. The molecule has 17 heavy (non-hydrogen) atoms. The molecule has 0 radical (unpaired) electrons. The van der Waals surface area contributed by atoms with Gasteiger partial charge in [-0.15, -0.1) is 0 Å². The van der Waals surface area contributed by atoms with Crippen LogP contribution < -0.4 is 5.32 Å². The van der Waals surface area contributed by atoms with E-state index in [-0.39, 0.29) is 24.2 Å². The van der Waals surface area contributed by atoms with Gasteiger partial charge in [-0.2, -0.15) is 0 Å². The van der Waals surface area contributed by atoms with Gasteiger partial charge in [0.2, 0.25) is 5.91 Å². The highest BCUT2D eigenvalue weighted by atomic mass is 32.2. The van der Waals surface area contributed by atoms with Gasteiger partial charge in [-0.3, -0.25) is 14.3 Å². The first kappa shape index (κ1) is 14.6. The number of nitrogens with zero attached hydrogens (tertiary/aromatic N) is 1.